The van der Waals surface area contributed by atoms with Crippen molar-refractivity contribution in [1.29, 1.82) is 0 Å². The average molecular weight is 387 g/mol. The van der Waals surface area contributed by atoms with Crippen LogP contribution in [0.4, 0.5) is 0 Å². The second-order valence-electron chi connectivity index (χ2n) is 12.9. The molecule has 2 spiro atoms. The van der Waals surface area contributed by atoms with E-state index >= 15 is 0 Å². The minimum absolute atomic E-state index is 0.460. The highest BCUT2D eigenvalue weighted by molar-refractivity contribution is 5.31. The van der Waals surface area contributed by atoms with Crippen LogP contribution in [0.25, 0.3) is 0 Å². The molecular weight excluding hydrogens is 340 g/mol. The number of hydrogen-bond acceptors (Lipinski definition) is 2. The summed E-state index contributed by atoms with van der Waals surface area (Å²) in [5.41, 5.74) is 2.98. The molecule has 0 aromatic heterocycles. The SMILES string of the molecule is CN[C@@H](C)[C@H]1CCC2(C)[C@@H]3CCC4C(C)(C)[C@@H](NC)CC[C@@]45C[C@@]35CCC12C. The van der Waals surface area contributed by atoms with Crippen molar-refractivity contribution in [2.45, 2.75) is 104 Å². The maximum Gasteiger partial charge on any atom is 0.0118 e. The first kappa shape index (κ1) is 19.9. The zero-order valence-electron chi connectivity index (χ0n) is 19.8. The van der Waals surface area contributed by atoms with E-state index in [9.17, 15) is 0 Å². The normalized spacial score (nSPS) is 57.5. The Bertz CT molecular complexity index is 657. The van der Waals surface area contributed by atoms with Gasteiger partial charge in [0.2, 0.25) is 0 Å². The van der Waals surface area contributed by atoms with Gasteiger partial charge in [-0.2, -0.15) is 0 Å². The van der Waals surface area contributed by atoms with Crippen molar-refractivity contribution in [3.8, 4) is 0 Å². The molecule has 0 radical (unpaired) electrons. The Morgan fingerprint density at radius 3 is 2.11 bits per heavy atom. The van der Waals surface area contributed by atoms with E-state index in [4.69, 9.17) is 0 Å². The van der Waals surface area contributed by atoms with Gasteiger partial charge in [-0.25, -0.2) is 0 Å². The van der Waals surface area contributed by atoms with Gasteiger partial charge in [-0.3, -0.25) is 0 Å². The third kappa shape index (κ3) is 1.99. The molecule has 0 bridgehead atoms. The third-order valence-electron chi connectivity index (χ3n) is 12.6. The van der Waals surface area contributed by atoms with Crippen LogP contribution in [0.3, 0.4) is 0 Å². The molecule has 28 heavy (non-hydrogen) atoms. The fraction of sp³-hybridized carbons (Fsp3) is 1.00. The van der Waals surface area contributed by atoms with Crippen molar-refractivity contribution in [2.24, 2.45) is 44.8 Å². The van der Waals surface area contributed by atoms with E-state index in [0.29, 0.717) is 39.2 Å². The lowest BCUT2D eigenvalue weighted by atomic mass is 9.42. The van der Waals surface area contributed by atoms with E-state index < -0.39 is 0 Å². The molecule has 0 aromatic rings. The van der Waals surface area contributed by atoms with Gasteiger partial charge in [-0.05, 0) is 124 Å². The number of nitrogens with one attached hydrogen (secondary N) is 2. The Morgan fingerprint density at radius 2 is 1.43 bits per heavy atom. The molecule has 5 aliphatic rings. The molecule has 160 valence electrons. The summed E-state index contributed by atoms with van der Waals surface area (Å²) in [6.45, 7) is 13.1. The molecule has 0 aliphatic heterocycles. The molecule has 5 rings (SSSR count). The summed E-state index contributed by atoms with van der Waals surface area (Å²) in [7, 11) is 4.38. The van der Waals surface area contributed by atoms with Crippen LogP contribution in [-0.2, 0) is 0 Å². The second-order valence-corrected chi connectivity index (χ2v) is 12.9. The fourth-order valence-electron chi connectivity index (χ4n) is 10.9. The van der Waals surface area contributed by atoms with Crippen LogP contribution in [0.15, 0.2) is 0 Å². The predicted octanol–water partition coefficient (Wildman–Crippen LogP) is 5.62. The minimum Gasteiger partial charge on any atom is -0.317 e. The maximum atomic E-state index is 3.70. The zero-order chi connectivity index (χ0) is 20.2. The molecule has 0 heterocycles. The van der Waals surface area contributed by atoms with E-state index in [1.54, 1.807) is 6.42 Å². The second kappa shape index (κ2) is 5.78. The summed E-state index contributed by atoms with van der Waals surface area (Å²) in [6, 6.07) is 1.38. The first-order valence-electron chi connectivity index (χ1n) is 12.5. The molecule has 5 fully saturated rings. The summed E-state index contributed by atoms with van der Waals surface area (Å²) < 4.78 is 0. The quantitative estimate of drug-likeness (QED) is 0.657. The van der Waals surface area contributed by atoms with Crippen molar-refractivity contribution >= 4 is 0 Å². The Morgan fingerprint density at radius 1 is 0.750 bits per heavy atom. The largest absolute Gasteiger partial charge is 0.317 e. The van der Waals surface area contributed by atoms with Crippen LogP contribution in [-0.4, -0.2) is 26.2 Å². The topological polar surface area (TPSA) is 24.1 Å². The summed E-state index contributed by atoms with van der Waals surface area (Å²) in [5, 5.41) is 7.33. The van der Waals surface area contributed by atoms with Crippen LogP contribution < -0.4 is 10.6 Å². The predicted molar refractivity (Wildman–Crippen MR) is 118 cm³/mol. The Balaban J connectivity index is 1.50. The third-order valence-corrected chi connectivity index (χ3v) is 12.6. The monoisotopic (exact) mass is 386 g/mol. The van der Waals surface area contributed by atoms with E-state index in [0.717, 1.165) is 17.8 Å². The molecule has 0 saturated heterocycles. The van der Waals surface area contributed by atoms with E-state index in [2.05, 4.69) is 59.3 Å². The number of rotatable bonds is 3. The fourth-order valence-corrected chi connectivity index (χ4v) is 10.9. The molecule has 0 aromatic carbocycles. The van der Waals surface area contributed by atoms with E-state index in [1.807, 2.05) is 0 Å². The van der Waals surface area contributed by atoms with Crippen molar-refractivity contribution in [1.82, 2.24) is 10.6 Å². The van der Waals surface area contributed by atoms with Crippen LogP contribution in [0.1, 0.15) is 92.4 Å². The standard InChI is InChI=1S/C26H46N2/c1-17(27-6)18-10-12-24(5)20-9-8-19-22(2,3)21(28-7)11-13-25(19)16-26(20,25)15-14-23(18,24)4/h17-21,27-28H,8-16H2,1-7H3/t17-,18+,19?,20-,21-,23?,24?,25+,26-/m0/s1. The van der Waals surface area contributed by atoms with Crippen molar-refractivity contribution < 1.29 is 0 Å². The maximum absolute atomic E-state index is 3.70. The highest BCUT2D eigenvalue weighted by Crippen LogP contribution is 2.88. The molecule has 5 aliphatic carbocycles. The first-order valence-corrected chi connectivity index (χ1v) is 12.5. The molecule has 2 heteroatoms. The van der Waals surface area contributed by atoms with Crippen LogP contribution in [0.2, 0.25) is 0 Å². The highest BCUT2D eigenvalue weighted by Gasteiger charge is 2.82. The minimum atomic E-state index is 0.460. The molecular formula is C26H46N2. The van der Waals surface area contributed by atoms with Gasteiger partial charge >= 0.3 is 0 Å². The van der Waals surface area contributed by atoms with Gasteiger partial charge in [-0.15, -0.1) is 0 Å². The van der Waals surface area contributed by atoms with E-state index in [-0.39, 0.29) is 0 Å². The summed E-state index contributed by atoms with van der Waals surface area (Å²) in [6.07, 6.45) is 13.4. The van der Waals surface area contributed by atoms with E-state index in [1.165, 1.54) is 51.4 Å². The summed E-state index contributed by atoms with van der Waals surface area (Å²) >= 11 is 0. The Hall–Kier alpha value is -0.0800. The first-order chi connectivity index (χ1) is 13.1. The van der Waals surface area contributed by atoms with Crippen LogP contribution >= 0.6 is 0 Å². The lowest BCUT2D eigenvalue weighted by Gasteiger charge is -2.63. The Labute approximate surface area is 174 Å². The highest BCUT2D eigenvalue weighted by atomic mass is 14.9. The van der Waals surface area contributed by atoms with Crippen LogP contribution in [0.5, 0.6) is 0 Å². The van der Waals surface area contributed by atoms with Gasteiger partial charge in [0, 0.05) is 12.1 Å². The van der Waals surface area contributed by atoms with Gasteiger partial charge in [-0.1, -0.05) is 27.7 Å². The molecule has 9 atom stereocenters. The van der Waals surface area contributed by atoms with Gasteiger partial charge < -0.3 is 10.6 Å². The number of fused-ring (bicyclic) bond motifs is 2. The lowest BCUT2D eigenvalue weighted by molar-refractivity contribution is -0.143. The zero-order valence-corrected chi connectivity index (χ0v) is 19.8. The van der Waals surface area contributed by atoms with Crippen molar-refractivity contribution in [2.75, 3.05) is 14.1 Å². The van der Waals surface area contributed by atoms with Gasteiger partial charge in [0.25, 0.3) is 0 Å². The smallest absolute Gasteiger partial charge is 0.0118 e. The molecule has 0 amide bonds. The van der Waals surface area contributed by atoms with Gasteiger partial charge in [0.1, 0.15) is 0 Å². The lowest BCUT2D eigenvalue weighted by Crippen LogP contribution is -2.59. The Kier molecular flexibility index (Phi) is 4.10. The molecule has 5 saturated carbocycles. The van der Waals surface area contributed by atoms with Crippen LogP contribution in [0, 0.1) is 44.8 Å². The van der Waals surface area contributed by atoms with Crippen molar-refractivity contribution in [3.63, 3.8) is 0 Å². The van der Waals surface area contributed by atoms with Crippen molar-refractivity contribution in [3.05, 3.63) is 0 Å². The summed E-state index contributed by atoms with van der Waals surface area (Å²) in [4.78, 5) is 0. The average Bonchev–Trinajstić information content (AvgIpc) is 3.24. The summed E-state index contributed by atoms with van der Waals surface area (Å²) in [5.74, 6) is 2.80. The van der Waals surface area contributed by atoms with Gasteiger partial charge in [0.05, 0.1) is 0 Å². The molecule has 2 nitrogen and oxygen atoms in total. The number of hydrogen-bond donors (Lipinski definition) is 2. The molecule has 3 unspecified atom stereocenters. The molecule has 2 N–H and O–H groups in total. The van der Waals surface area contributed by atoms with Gasteiger partial charge in [0.15, 0.2) is 0 Å².